The highest BCUT2D eigenvalue weighted by molar-refractivity contribution is 8.93. The standard InChI is InChI=1S/C22H27N3O.BrH/c1-4-25(5-2)15-14-23-22-16-21(17-10-12-18(26-3)13-11-17)24-20-9-7-6-8-19(20)22;/h6-13,16H,4-5,14-15H2,1-3H3,(H,23,24);1H. The molecule has 0 atom stereocenters. The molecule has 0 radical (unpaired) electrons. The van der Waals surface area contributed by atoms with E-state index in [1.807, 2.05) is 18.2 Å². The van der Waals surface area contributed by atoms with Crippen LogP contribution in [0.1, 0.15) is 13.8 Å². The van der Waals surface area contributed by atoms with Crippen molar-refractivity contribution >= 4 is 33.6 Å². The van der Waals surface area contributed by atoms with Crippen molar-refractivity contribution < 1.29 is 4.74 Å². The normalized spacial score (nSPS) is 10.7. The third-order valence-electron chi connectivity index (χ3n) is 4.74. The van der Waals surface area contributed by atoms with Gasteiger partial charge in [-0.15, -0.1) is 17.0 Å². The molecule has 5 heteroatoms. The van der Waals surface area contributed by atoms with E-state index in [-0.39, 0.29) is 17.0 Å². The van der Waals surface area contributed by atoms with E-state index in [4.69, 9.17) is 9.72 Å². The van der Waals surface area contributed by atoms with Gasteiger partial charge in [-0.25, -0.2) is 4.98 Å². The van der Waals surface area contributed by atoms with Crippen molar-refractivity contribution in [1.29, 1.82) is 0 Å². The smallest absolute Gasteiger partial charge is 0.118 e. The quantitative estimate of drug-likeness (QED) is 0.530. The largest absolute Gasteiger partial charge is 0.497 e. The molecule has 4 nitrogen and oxygen atoms in total. The number of methoxy groups -OCH3 is 1. The van der Waals surface area contributed by atoms with Crippen LogP contribution < -0.4 is 10.1 Å². The molecular weight excluding hydrogens is 402 g/mol. The maximum absolute atomic E-state index is 5.26. The molecule has 0 unspecified atom stereocenters. The highest BCUT2D eigenvalue weighted by Crippen LogP contribution is 2.29. The van der Waals surface area contributed by atoms with E-state index in [9.17, 15) is 0 Å². The zero-order valence-corrected chi connectivity index (χ0v) is 17.9. The van der Waals surface area contributed by atoms with Crippen molar-refractivity contribution in [1.82, 2.24) is 9.88 Å². The van der Waals surface area contributed by atoms with Crippen LogP contribution in [-0.2, 0) is 0 Å². The molecule has 2 aromatic carbocycles. The highest BCUT2D eigenvalue weighted by atomic mass is 79.9. The van der Waals surface area contributed by atoms with E-state index < -0.39 is 0 Å². The molecule has 0 aliphatic heterocycles. The van der Waals surface area contributed by atoms with Gasteiger partial charge in [-0.1, -0.05) is 32.0 Å². The molecular formula is C22H28BrN3O. The van der Waals surface area contributed by atoms with Crippen LogP contribution in [0.5, 0.6) is 5.75 Å². The van der Waals surface area contributed by atoms with Gasteiger partial charge >= 0.3 is 0 Å². The monoisotopic (exact) mass is 429 g/mol. The predicted octanol–water partition coefficient (Wildman–Crippen LogP) is 5.24. The Morgan fingerprint density at radius 3 is 2.37 bits per heavy atom. The number of nitrogens with zero attached hydrogens (tertiary/aromatic N) is 2. The van der Waals surface area contributed by atoms with Crippen molar-refractivity contribution in [3.8, 4) is 17.0 Å². The first kappa shape index (κ1) is 21.2. The summed E-state index contributed by atoms with van der Waals surface area (Å²) in [6, 6.07) is 18.5. The van der Waals surface area contributed by atoms with E-state index in [0.29, 0.717) is 0 Å². The van der Waals surface area contributed by atoms with Crippen LogP contribution in [0.2, 0.25) is 0 Å². The SMILES string of the molecule is Br.CCN(CC)CCNc1cc(-c2ccc(OC)cc2)nc2ccccc12. The Labute approximate surface area is 172 Å². The van der Waals surface area contributed by atoms with Crippen LogP contribution in [0.15, 0.2) is 54.6 Å². The Morgan fingerprint density at radius 1 is 1.00 bits per heavy atom. The Hall–Kier alpha value is -2.11. The number of hydrogen-bond donors (Lipinski definition) is 1. The van der Waals surface area contributed by atoms with Crippen LogP contribution in [-0.4, -0.2) is 43.2 Å². The molecule has 0 fully saturated rings. The molecule has 144 valence electrons. The van der Waals surface area contributed by atoms with Gasteiger partial charge in [0, 0.05) is 29.7 Å². The van der Waals surface area contributed by atoms with Crippen molar-refractivity contribution in [2.24, 2.45) is 0 Å². The fourth-order valence-electron chi connectivity index (χ4n) is 3.12. The number of pyridine rings is 1. The van der Waals surface area contributed by atoms with Crippen LogP contribution in [0.3, 0.4) is 0 Å². The molecule has 0 bridgehead atoms. The second-order valence-electron chi connectivity index (χ2n) is 6.25. The molecule has 27 heavy (non-hydrogen) atoms. The van der Waals surface area contributed by atoms with Gasteiger partial charge in [0.2, 0.25) is 0 Å². The maximum Gasteiger partial charge on any atom is 0.118 e. The number of likely N-dealkylation sites (N-methyl/N-ethyl adjacent to an activating group) is 1. The number of fused-ring (bicyclic) bond motifs is 1. The number of rotatable bonds is 8. The summed E-state index contributed by atoms with van der Waals surface area (Å²) in [5.74, 6) is 0.854. The number of benzene rings is 2. The Balaban J connectivity index is 0.00000261. The zero-order valence-electron chi connectivity index (χ0n) is 16.2. The number of para-hydroxylation sites is 1. The molecule has 0 spiro atoms. The van der Waals surface area contributed by atoms with Crippen LogP contribution in [0.25, 0.3) is 22.2 Å². The first-order valence-electron chi connectivity index (χ1n) is 9.25. The minimum atomic E-state index is 0. The number of nitrogens with one attached hydrogen (secondary N) is 1. The van der Waals surface area contributed by atoms with Crippen molar-refractivity contribution in [2.75, 3.05) is 38.6 Å². The molecule has 0 aliphatic rings. The fraction of sp³-hybridized carbons (Fsp3) is 0.318. The van der Waals surface area contributed by atoms with Crippen molar-refractivity contribution in [3.63, 3.8) is 0 Å². The van der Waals surface area contributed by atoms with Crippen LogP contribution >= 0.6 is 17.0 Å². The number of ether oxygens (including phenoxy) is 1. The van der Waals surface area contributed by atoms with Gasteiger partial charge in [0.15, 0.2) is 0 Å². The number of hydrogen-bond acceptors (Lipinski definition) is 4. The average Bonchev–Trinajstić information content (AvgIpc) is 2.71. The predicted molar refractivity (Wildman–Crippen MR) is 120 cm³/mol. The molecule has 0 aliphatic carbocycles. The van der Waals surface area contributed by atoms with E-state index in [1.54, 1.807) is 7.11 Å². The minimum absolute atomic E-state index is 0. The lowest BCUT2D eigenvalue weighted by Crippen LogP contribution is -2.28. The lowest BCUT2D eigenvalue weighted by atomic mass is 10.1. The van der Waals surface area contributed by atoms with E-state index >= 15 is 0 Å². The number of anilines is 1. The summed E-state index contributed by atoms with van der Waals surface area (Å²) in [4.78, 5) is 7.26. The van der Waals surface area contributed by atoms with E-state index in [2.05, 4.69) is 60.5 Å². The summed E-state index contributed by atoms with van der Waals surface area (Å²) >= 11 is 0. The Bertz CT molecular complexity index is 848. The Kier molecular flexibility index (Phi) is 8.07. The maximum atomic E-state index is 5.26. The fourth-order valence-corrected chi connectivity index (χ4v) is 3.12. The van der Waals surface area contributed by atoms with Gasteiger partial charge < -0.3 is 15.0 Å². The molecule has 3 rings (SSSR count). The summed E-state index contributed by atoms with van der Waals surface area (Å²) in [7, 11) is 1.68. The van der Waals surface area contributed by atoms with Crippen LogP contribution in [0, 0.1) is 0 Å². The highest BCUT2D eigenvalue weighted by Gasteiger charge is 2.08. The molecule has 0 amide bonds. The molecule has 1 N–H and O–H groups in total. The first-order chi connectivity index (χ1) is 12.7. The second-order valence-corrected chi connectivity index (χ2v) is 6.25. The molecule has 1 heterocycles. The van der Waals surface area contributed by atoms with Crippen molar-refractivity contribution in [2.45, 2.75) is 13.8 Å². The molecule has 1 aromatic heterocycles. The minimum Gasteiger partial charge on any atom is -0.497 e. The number of halogens is 1. The van der Waals surface area contributed by atoms with Gasteiger partial charge in [-0.2, -0.15) is 0 Å². The van der Waals surface area contributed by atoms with Gasteiger partial charge in [-0.05, 0) is 49.5 Å². The first-order valence-corrected chi connectivity index (χ1v) is 9.25. The summed E-state index contributed by atoms with van der Waals surface area (Å²) in [6.45, 7) is 8.50. The summed E-state index contributed by atoms with van der Waals surface area (Å²) in [6.07, 6.45) is 0. The lowest BCUT2D eigenvalue weighted by Gasteiger charge is -2.19. The van der Waals surface area contributed by atoms with Crippen LogP contribution in [0.4, 0.5) is 5.69 Å². The topological polar surface area (TPSA) is 37.4 Å². The second kappa shape index (κ2) is 10.3. The lowest BCUT2D eigenvalue weighted by molar-refractivity contribution is 0.316. The Morgan fingerprint density at radius 2 is 1.70 bits per heavy atom. The summed E-state index contributed by atoms with van der Waals surface area (Å²) < 4.78 is 5.26. The zero-order chi connectivity index (χ0) is 18.4. The third-order valence-corrected chi connectivity index (χ3v) is 4.74. The average molecular weight is 430 g/mol. The van der Waals surface area contributed by atoms with Crippen molar-refractivity contribution in [3.05, 3.63) is 54.6 Å². The van der Waals surface area contributed by atoms with Gasteiger partial charge in [-0.3, -0.25) is 0 Å². The number of aromatic nitrogens is 1. The van der Waals surface area contributed by atoms with Gasteiger partial charge in [0.05, 0.1) is 18.3 Å². The van der Waals surface area contributed by atoms with Gasteiger partial charge in [0.1, 0.15) is 5.75 Å². The third kappa shape index (κ3) is 5.21. The summed E-state index contributed by atoms with van der Waals surface area (Å²) in [5, 5.41) is 4.77. The molecule has 0 saturated carbocycles. The van der Waals surface area contributed by atoms with E-state index in [1.165, 1.54) is 0 Å². The summed E-state index contributed by atoms with van der Waals surface area (Å²) in [5.41, 5.74) is 4.19. The molecule has 0 saturated heterocycles. The molecule has 3 aromatic rings. The van der Waals surface area contributed by atoms with Gasteiger partial charge in [0.25, 0.3) is 0 Å². The van der Waals surface area contributed by atoms with E-state index in [0.717, 1.165) is 59.8 Å².